The number of amides is 1. The van der Waals surface area contributed by atoms with Gasteiger partial charge in [0, 0.05) is 15.8 Å². The Labute approximate surface area is 201 Å². The maximum Gasteiger partial charge on any atom is 0.264 e. The van der Waals surface area contributed by atoms with E-state index in [1.807, 2.05) is 12.1 Å². The molecule has 0 unspecified atom stereocenters. The maximum absolute atomic E-state index is 13.3. The van der Waals surface area contributed by atoms with Crippen LogP contribution in [0.5, 0.6) is 0 Å². The van der Waals surface area contributed by atoms with Crippen LogP contribution in [0.1, 0.15) is 31.1 Å². The molecule has 0 bridgehead atoms. The summed E-state index contributed by atoms with van der Waals surface area (Å²) in [5, 5.41) is 0.616. The van der Waals surface area contributed by atoms with Gasteiger partial charge in [0.1, 0.15) is 22.2 Å². The highest BCUT2D eigenvalue weighted by Crippen LogP contribution is 2.36. The number of hydrogen-bond donors (Lipinski definition) is 0. The Morgan fingerprint density at radius 2 is 1.76 bits per heavy atom. The summed E-state index contributed by atoms with van der Waals surface area (Å²) < 4.78 is 7.15. The quantitative estimate of drug-likeness (QED) is 0.215. The molecule has 0 aliphatic carbocycles. The van der Waals surface area contributed by atoms with E-state index in [0.29, 0.717) is 23.9 Å². The molecular weight excluding hydrogens is 564 g/mol. The molecule has 29 heavy (non-hydrogen) atoms. The fraction of sp³-hybridized carbons (Fsp3) is 0.421. The summed E-state index contributed by atoms with van der Waals surface area (Å²) in [6.07, 6.45) is 1.22. The summed E-state index contributed by atoms with van der Waals surface area (Å²) in [6, 6.07) is 5.40. The van der Waals surface area contributed by atoms with Gasteiger partial charge in [-0.15, -0.1) is 0 Å². The lowest BCUT2D eigenvalue weighted by atomic mass is 10.2. The minimum Gasteiger partial charge on any atom is -0.415 e. The van der Waals surface area contributed by atoms with Gasteiger partial charge in [-0.3, -0.25) is 4.79 Å². The highest BCUT2D eigenvalue weighted by molar-refractivity contribution is 14.1. The average Bonchev–Trinajstić information content (AvgIpc) is 2.60. The fourth-order valence-electron chi connectivity index (χ4n) is 2.27. The van der Waals surface area contributed by atoms with Gasteiger partial charge in [-0.05, 0) is 58.9 Å². The molecule has 158 valence electrons. The van der Waals surface area contributed by atoms with Crippen LogP contribution >= 0.6 is 57.4 Å². The van der Waals surface area contributed by atoms with Crippen LogP contribution in [0.3, 0.4) is 0 Å². The van der Waals surface area contributed by atoms with Crippen LogP contribution in [0, 0.1) is 3.57 Å². The van der Waals surface area contributed by atoms with Crippen molar-refractivity contribution in [1.82, 2.24) is 9.97 Å². The van der Waals surface area contributed by atoms with Crippen LogP contribution in [0.15, 0.2) is 24.5 Å². The molecule has 1 aromatic heterocycles. The highest BCUT2D eigenvalue weighted by atomic mass is 127. The Balaban J connectivity index is 2.36. The molecule has 1 heterocycles. The summed E-state index contributed by atoms with van der Waals surface area (Å²) in [5.74, 6) is -0.406. The molecule has 1 amide bonds. The minimum atomic E-state index is -1.97. The normalized spacial score (nSPS) is 12.2. The van der Waals surface area contributed by atoms with Gasteiger partial charge in [0.2, 0.25) is 0 Å². The Morgan fingerprint density at radius 3 is 2.28 bits per heavy atom. The van der Waals surface area contributed by atoms with Gasteiger partial charge < -0.3 is 9.33 Å². The summed E-state index contributed by atoms with van der Waals surface area (Å²) in [4.78, 5) is 22.7. The number of carbonyl (C=O) groups is 1. The van der Waals surface area contributed by atoms with Gasteiger partial charge >= 0.3 is 0 Å². The molecule has 0 spiro atoms. The SMILES string of the molecule is CC(C)(C)[Si](C)(C)OCCN(C(=O)c1c(Cl)ncnc1Cl)c1ccc(I)c(Cl)c1. The van der Waals surface area contributed by atoms with Crippen molar-refractivity contribution in [2.75, 3.05) is 18.1 Å². The van der Waals surface area contributed by atoms with Crippen LogP contribution in [-0.2, 0) is 4.43 Å². The molecule has 0 N–H and O–H groups in total. The summed E-state index contributed by atoms with van der Waals surface area (Å²) >= 11 is 20.7. The summed E-state index contributed by atoms with van der Waals surface area (Å²) in [6.45, 7) is 11.5. The van der Waals surface area contributed by atoms with E-state index in [2.05, 4.69) is 66.4 Å². The molecule has 2 rings (SSSR count). The number of nitrogens with zero attached hydrogens (tertiary/aromatic N) is 3. The molecule has 1 aromatic carbocycles. The lowest BCUT2D eigenvalue weighted by molar-refractivity contribution is 0.0981. The number of halogens is 4. The molecule has 0 aliphatic rings. The van der Waals surface area contributed by atoms with E-state index in [1.165, 1.54) is 6.33 Å². The monoisotopic (exact) mass is 585 g/mol. The van der Waals surface area contributed by atoms with E-state index in [4.69, 9.17) is 39.2 Å². The Morgan fingerprint density at radius 1 is 1.17 bits per heavy atom. The zero-order chi connectivity index (χ0) is 22.0. The largest absolute Gasteiger partial charge is 0.415 e. The highest BCUT2D eigenvalue weighted by Gasteiger charge is 2.37. The van der Waals surface area contributed by atoms with Gasteiger partial charge in [-0.25, -0.2) is 9.97 Å². The first-order chi connectivity index (χ1) is 13.3. The van der Waals surface area contributed by atoms with E-state index in [0.717, 1.165) is 3.57 Å². The van der Waals surface area contributed by atoms with E-state index < -0.39 is 14.2 Å². The van der Waals surface area contributed by atoms with Crippen molar-refractivity contribution in [1.29, 1.82) is 0 Å². The molecule has 0 fully saturated rings. The molecular formula is C19H23Cl3IN3O2Si. The Bertz CT molecular complexity index is 887. The molecule has 0 aliphatic heterocycles. The second-order valence-electron chi connectivity index (χ2n) is 7.99. The van der Waals surface area contributed by atoms with Gasteiger partial charge in [-0.1, -0.05) is 55.6 Å². The van der Waals surface area contributed by atoms with Crippen molar-refractivity contribution in [3.05, 3.63) is 49.0 Å². The first-order valence-electron chi connectivity index (χ1n) is 8.92. The number of anilines is 1. The van der Waals surface area contributed by atoms with E-state index in [1.54, 1.807) is 11.0 Å². The number of rotatable bonds is 6. The third-order valence-corrected chi connectivity index (χ3v) is 11.7. The van der Waals surface area contributed by atoms with Crippen molar-refractivity contribution >= 4 is 77.3 Å². The molecule has 5 nitrogen and oxygen atoms in total. The zero-order valence-corrected chi connectivity index (χ0v) is 22.3. The van der Waals surface area contributed by atoms with Crippen molar-refractivity contribution in [2.45, 2.75) is 38.9 Å². The molecule has 2 aromatic rings. The van der Waals surface area contributed by atoms with Crippen molar-refractivity contribution in [2.24, 2.45) is 0 Å². The third kappa shape index (κ3) is 6.04. The average molecular weight is 587 g/mol. The molecule has 0 saturated heterocycles. The van der Waals surface area contributed by atoms with E-state index in [-0.39, 0.29) is 20.9 Å². The summed E-state index contributed by atoms with van der Waals surface area (Å²) in [7, 11) is -1.97. The molecule has 0 atom stereocenters. The topological polar surface area (TPSA) is 55.3 Å². The van der Waals surface area contributed by atoms with Crippen LogP contribution in [-0.4, -0.2) is 37.3 Å². The number of carbonyl (C=O) groups excluding carboxylic acids is 1. The predicted octanol–water partition coefficient (Wildman–Crippen LogP) is 6.71. The van der Waals surface area contributed by atoms with Crippen LogP contribution in [0.4, 0.5) is 5.69 Å². The third-order valence-electron chi connectivity index (χ3n) is 5.01. The molecule has 10 heteroatoms. The number of benzene rings is 1. The standard InChI is InChI=1S/C19H23Cl3IN3O2Si/c1-19(2,3)29(4,5)28-9-8-26(12-6-7-14(23)13(20)10-12)18(27)15-16(21)24-11-25-17(15)22/h6-7,10-11H,8-9H2,1-5H3. The number of aromatic nitrogens is 2. The van der Waals surface area contributed by atoms with Crippen molar-refractivity contribution in [3.8, 4) is 0 Å². The van der Waals surface area contributed by atoms with Gasteiger partial charge in [-0.2, -0.15) is 0 Å². The lowest BCUT2D eigenvalue weighted by Crippen LogP contribution is -2.43. The molecule has 0 radical (unpaired) electrons. The van der Waals surface area contributed by atoms with Gasteiger partial charge in [0.25, 0.3) is 5.91 Å². The maximum atomic E-state index is 13.3. The minimum absolute atomic E-state index is 0.00178. The second kappa shape index (κ2) is 9.78. The Kier molecular flexibility index (Phi) is 8.37. The van der Waals surface area contributed by atoms with Crippen LogP contribution < -0.4 is 4.90 Å². The lowest BCUT2D eigenvalue weighted by Gasteiger charge is -2.37. The second-order valence-corrected chi connectivity index (χ2v) is 15.1. The van der Waals surface area contributed by atoms with Crippen LogP contribution in [0.2, 0.25) is 33.5 Å². The summed E-state index contributed by atoms with van der Waals surface area (Å²) in [5.41, 5.74) is 0.674. The first-order valence-corrected chi connectivity index (χ1v) is 14.0. The zero-order valence-electron chi connectivity index (χ0n) is 16.9. The van der Waals surface area contributed by atoms with Crippen LogP contribution in [0.25, 0.3) is 0 Å². The molecule has 0 saturated carbocycles. The fourth-order valence-corrected chi connectivity index (χ4v) is 4.29. The van der Waals surface area contributed by atoms with Gasteiger partial charge in [0.15, 0.2) is 8.32 Å². The first kappa shape index (κ1) is 24.8. The van der Waals surface area contributed by atoms with E-state index in [9.17, 15) is 4.79 Å². The predicted molar refractivity (Wildman–Crippen MR) is 131 cm³/mol. The number of hydrogen-bond acceptors (Lipinski definition) is 4. The van der Waals surface area contributed by atoms with Crippen molar-refractivity contribution in [3.63, 3.8) is 0 Å². The Hall–Kier alpha value is -0.453. The van der Waals surface area contributed by atoms with E-state index >= 15 is 0 Å². The smallest absolute Gasteiger partial charge is 0.264 e. The van der Waals surface area contributed by atoms with Gasteiger partial charge in [0.05, 0.1) is 11.6 Å². The van der Waals surface area contributed by atoms with Crippen molar-refractivity contribution < 1.29 is 9.22 Å².